The number of aromatic nitrogens is 1. The van der Waals surface area contributed by atoms with Gasteiger partial charge in [-0.05, 0) is 43.5 Å². The van der Waals surface area contributed by atoms with E-state index in [-0.39, 0.29) is 42.7 Å². The molecule has 0 unspecified atom stereocenters. The number of rotatable bonds is 7. The molecule has 1 aromatic heterocycles. The van der Waals surface area contributed by atoms with Crippen LogP contribution in [-0.4, -0.2) is 48.0 Å². The topological polar surface area (TPSA) is 115 Å². The van der Waals surface area contributed by atoms with Crippen molar-refractivity contribution >= 4 is 35.7 Å². The van der Waals surface area contributed by atoms with Gasteiger partial charge in [0.15, 0.2) is 0 Å². The Morgan fingerprint density at radius 1 is 1.17 bits per heavy atom. The summed E-state index contributed by atoms with van der Waals surface area (Å²) in [4.78, 5) is 41.0. The largest absolute Gasteiger partial charge is 0.460 e. The van der Waals surface area contributed by atoms with Gasteiger partial charge in [0.05, 0.1) is 22.6 Å². The number of piperidine rings is 1. The van der Waals surface area contributed by atoms with E-state index in [2.05, 4.69) is 10.3 Å². The smallest absolute Gasteiger partial charge is 0.338 e. The molecule has 3 rings (SSSR count). The van der Waals surface area contributed by atoms with E-state index < -0.39 is 10.9 Å². The van der Waals surface area contributed by atoms with Crippen LogP contribution in [0.5, 0.6) is 0 Å². The Kier molecular flexibility index (Phi) is 8.54. The van der Waals surface area contributed by atoms with Crippen molar-refractivity contribution in [3.05, 3.63) is 64.0 Å². The first kappa shape index (κ1) is 23.1. The van der Waals surface area contributed by atoms with Gasteiger partial charge in [0, 0.05) is 31.5 Å². The molecule has 30 heavy (non-hydrogen) atoms. The summed E-state index contributed by atoms with van der Waals surface area (Å²) < 4.78 is 5.13. The van der Waals surface area contributed by atoms with E-state index in [4.69, 9.17) is 4.74 Å². The molecule has 1 aliphatic heterocycles. The maximum absolute atomic E-state index is 12.2. The number of benzene rings is 1. The van der Waals surface area contributed by atoms with Gasteiger partial charge < -0.3 is 15.0 Å². The van der Waals surface area contributed by atoms with E-state index in [0.29, 0.717) is 11.3 Å². The number of amides is 1. The molecule has 160 valence electrons. The number of nitrogens with zero attached hydrogens (tertiary/aromatic N) is 3. The number of halogens is 1. The van der Waals surface area contributed by atoms with Crippen LogP contribution in [0, 0.1) is 10.1 Å². The second-order valence-electron chi connectivity index (χ2n) is 6.64. The molecular formula is C20H23ClN4O5. The van der Waals surface area contributed by atoms with E-state index in [1.807, 2.05) is 4.90 Å². The quantitative estimate of drug-likeness (QED) is 0.308. The Bertz CT molecular complexity index is 888. The normalized spacial score (nSPS) is 13.1. The molecule has 1 fully saturated rings. The highest BCUT2D eigenvalue weighted by Crippen LogP contribution is 2.31. The molecule has 1 aliphatic rings. The predicted octanol–water partition coefficient (Wildman–Crippen LogP) is 2.99. The number of nitro benzene ring substituents is 1. The molecule has 1 N–H and O–H groups in total. The van der Waals surface area contributed by atoms with Gasteiger partial charge in [-0.1, -0.05) is 0 Å². The van der Waals surface area contributed by atoms with Crippen LogP contribution in [0.25, 0.3) is 0 Å². The maximum Gasteiger partial charge on any atom is 0.338 e. The third-order valence-electron chi connectivity index (χ3n) is 4.65. The molecule has 9 nitrogen and oxygen atoms in total. The van der Waals surface area contributed by atoms with Crippen LogP contribution >= 0.6 is 12.4 Å². The Labute approximate surface area is 180 Å². The lowest BCUT2D eigenvalue weighted by molar-refractivity contribution is -0.384. The van der Waals surface area contributed by atoms with Gasteiger partial charge >= 0.3 is 5.97 Å². The molecule has 0 spiro atoms. The second-order valence-corrected chi connectivity index (χ2v) is 6.64. The van der Waals surface area contributed by atoms with Crippen molar-refractivity contribution in [2.75, 3.05) is 31.1 Å². The van der Waals surface area contributed by atoms with Crippen LogP contribution in [0.2, 0.25) is 0 Å². The molecule has 1 amide bonds. The number of pyridine rings is 1. The lowest BCUT2D eigenvalue weighted by Gasteiger charge is -2.28. The van der Waals surface area contributed by atoms with E-state index in [1.54, 1.807) is 24.4 Å². The average Bonchev–Trinajstić information content (AvgIpc) is 2.77. The summed E-state index contributed by atoms with van der Waals surface area (Å²) in [6.07, 6.45) is 6.10. The lowest BCUT2D eigenvalue weighted by Crippen LogP contribution is -2.30. The standard InChI is InChI=1S/C20H22N4O5.ClH/c25-19(16-5-4-8-21-14-16)22-9-12-29-20(26)15-6-7-17(18(13-15)24(27)28)23-10-2-1-3-11-23;/h4-8,13-14H,1-3,9-12H2,(H,22,25);1H. The Hall–Kier alpha value is -3.20. The fourth-order valence-electron chi connectivity index (χ4n) is 3.19. The van der Waals surface area contributed by atoms with Crippen molar-refractivity contribution in [2.45, 2.75) is 19.3 Å². The first-order valence-electron chi connectivity index (χ1n) is 9.45. The number of carbonyl (C=O) groups is 2. The van der Waals surface area contributed by atoms with E-state index in [1.165, 1.54) is 18.3 Å². The zero-order valence-electron chi connectivity index (χ0n) is 16.3. The van der Waals surface area contributed by atoms with Crippen LogP contribution in [0.1, 0.15) is 40.0 Å². The first-order valence-corrected chi connectivity index (χ1v) is 9.45. The number of nitrogens with one attached hydrogen (secondary N) is 1. The molecule has 0 atom stereocenters. The number of ether oxygens (including phenoxy) is 1. The summed E-state index contributed by atoms with van der Waals surface area (Å²) in [7, 11) is 0. The van der Waals surface area contributed by atoms with E-state index >= 15 is 0 Å². The average molecular weight is 435 g/mol. The highest BCUT2D eigenvalue weighted by Gasteiger charge is 2.23. The molecule has 2 heterocycles. The van der Waals surface area contributed by atoms with Gasteiger partial charge in [-0.2, -0.15) is 0 Å². The summed E-state index contributed by atoms with van der Waals surface area (Å²) in [6, 6.07) is 7.66. The second kappa shape index (κ2) is 11.1. The number of hydrogen-bond donors (Lipinski definition) is 1. The number of carbonyl (C=O) groups excluding carboxylic acids is 2. The van der Waals surface area contributed by atoms with Crippen LogP contribution in [0.4, 0.5) is 11.4 Å². The zero-order valence-corrected chi connectivity index (χ0v) is 17.1. The SMILES string of the molecule is Cl.O=C(NCCOC(=O)c1ccc(N2CCCCC2)c([N+](=O)[O-])c1)c1cccnc1. The van der Waals surface area contributed by atoms with Crippen molar-refractivity contribution < 1.29 is 19.2 Å². The van der Waals surface area contributed by atoms with Crippen molar-refractivity contribution in [2.24, 2.45) is 0 Å². The summed E-state index contributed by atoms with van der Waals surface area (Å²) in [6.45, 7) is 1.60. The Balaban J connectivity index is 0.00000320. The Morgan fingerprint density at radius 3 is 2.60 bits per heavy atom. The molecule has 0 saturated carbocycles. The summed E-state index contributed by atoms with van der Waals surface area (Å²) in [5.74, 6) is -0.996. The minimum absolute atomic E-state index is 0. The predicted molar refractivity (Wildman–Crippen MR) is 113 cm³/mol. The highest BCUT2D eigenvalue weighted by atomic mass is 35.5. The number of esters is 1. The zero-order chi connectivity index (χ0) is 20.6. The van der Waals surface area contributed by atoms with Gasteiger partial charge in [0.1, 0.15) is 12.3 Å². The molecular weight excluding hydrogens is 412 g/mol. The lowest BCUT2D eigenvalue weighted by atomic mass is 10.1. The highest BCUT2D eigenvalue weighted by molar-refractivity contribution is 5.94. The molecule has 1 aromatic carbocycles. The fourth-order valence-corrected chi connectivity index (χ4v) is 3.19. The molecule has 2 aromatic rings. The van der Waals surface area contributed by atoms with Gasteiger partial charge in [-0.15, -0.1) is 12.4 Å². The minimum Gasteiger partial charge on any atom is -0.460 e. The molecule has 0 aliphatic carbocycles. The minimum atomic E-state index is -0.672. The van der Waals surface area contributed by atoms with Gasteiger partial charge in [-0.25, -0.2) is 4.79 Å². The molecule has 0 radical (unpaired) electrons. The van der Waals surface area contributed by atoms with Crippen LogP contribution in [0.15, 0.2) is 42.7 Å². The first-order chi connectivity index (χ1) is 14.1. The molecule has 10 heteroatoms. The van der Waals surface area contributed by atoms with E-state index in [0.717, 1.165) is 32.4 Å². The van der Waals surface area contributed by atoms with Crippen LogP contribution < -0.4 is 10.2 Å². The van der Waals surface area contributed by atoms with Crippen molar-refractivity contribution in [1.82, 2.24) is 10.3 Å². The van der Waals surface area contributed by atoms with Crippen molar-refractivity contribution in [3.8, 4) is 0 Å². The monoisotopic (exact) mass is 434 g/mol. The van der Waals surface area contributed by atoms with Crippen molar-refractivity contribution in [3.63, 3.8) is 0 Å². The summed E-state index contributed by atoms with van der Waals surface area (Å²) >= 11 is 0. The number of nitro groups is 1. The maximum atomic E-state index is 12.2. The molecule has 1 saturated heterocycles. The third-order valence-corrected chi connectivity index (χ3v) is 4.65. The third kappa shape index (κ3) is 5.90. The van der Waals surface area contributed by atoms with Gasteiger partial charge in [0.25, 0.3) is 11.6 Å². The fraction of sp³-hybridized carbons (Fsp3) is 0.350. The number of anilines is 1. The number of hydrogen-bond acceptors (Lipinski definition) is 7. The summed E-state index contributed by atoms with van der Waals surface area (Å²) in [5, 5.41) is 14.1. The summed E-state index contributed by atoms with van der Waals surface area (Å²) in [5.41, 5.74) is 0.931. The Morgan fingerprint density at radius 2 is 1.93 bits per heavy atom. The van der Waals surface area contributed by atoms with Crippen molar-refractivity contribution in [1.29, 1.82) is 0 Å². The van der Waals surface area contributed by atoms with Gasteiger partial charge in [-0.3, -0.25) is 19.9 Å². The molecule has 0 bridgehead atoms. The van der Waals surface area contributed by atoms with Crippen LogP contribution in [-0.2, 0) is 4.74 Å². The van der Waals surface area contributed by atoms with E-state index in [9.17, 15) is 19.7 Å². The van der Waals surface area contributed by atoms with Crippen LogP contribution in [0.3, 0.4) is 0 Å². The van der Waals surface area contributed by atoms with Gasteiger partial charge in [0.2, 0.25) is 0 Å².